The molecule has 3 nitrogen and oxygen atoms in total. The van der Waals surface area contributed by atoms with Crippen molar-refractivity contribution in [1.82, 2.24) is 0 Å². The molecule has 0 aliphatic carbocycles. The molecule has 0 heterocycles. The van der Waals surface area contributed by atoms with Crippen LogP contribution in [0.5, 0.6) is 5.75 Å². The van der Waals surface area contributed by atoms with E-state index in [1.807, 2.05) is 60.7 Å². The van der Waals surface area contributed by atoms with Gasteiger partial charge in [-0.15, -0.1) is 12.6 Å². The van der Waals surface area contributed by atoms with Gasteiger partial charge in [0.1, 0.15) is 12.4 Å². The van der Waals surface area contributed by atoms with E-state index < -0.39 is 0 Å². The highest BCUT2D eigenvalue weighted by molar-refractivity contribution is 7.80. The van der Waals surface area contributed by atoms with Gasteiger partial charge in [0.2, 0.25) is 0 Å². The third kappa shape index (κ3) is 5.22. The molecule has 0 bridgehead atoms. The summed E-state index contributed by atoms with van der Waals surface area (Å²) in [6, 6.07) is 16.0. The van der Waals surface area contributed by atoms with Gasteiger partial charge in [0.15, 0.2) is 0 Å². The minimum Gasteiger partial charge on any atom is -0.490 e. The van der Waals surface area contributed by atoms with E-state index >= 15 is 0 Å². The molecule has 2 aromatic rings. The smallest absolute Gasteiger partial charge is 0.120 e. The van der Waals surface area contributed by atoms with Gasteiger partial charge in [0.25, 0.3) is 0 Å². The zero-order chi connectivity index (χ0) is 15.6. The minimum absolute atomic E-state index is 0.502. The van der Waals surface area contributed by atoms with Crippen LogP contribution in [-0.2, 0) is 6.54 Å². The van der Waals surface area contributed by atoms with E-state index in [2.05, 4.69) is 17.9 Å². The first-order chi connectivity index (χ1) is 10.8. The van der Waals surface area contributed by atoms with Gasteiger partial charge >= 0.3 is 0 Å². The molecule has 0 aliphatic heterocycles. The summed E-state index contributed by atoms with van der Waals surface area (Å²) in [6.45, 7) is 1.20. The number of thiol groups is 1. The van der Waals surface area contributed by atoms with Crippen molar-refractivity contribution < 1.29 is 4.74 Å². The first kappa shape index (κ1) is 16.0. The van der Waals surface area contributed by atoms with Crippen LogP contribution in [0.3, 0.4) is 0 Å². The van der Waals surface area contributed by atoms with Gasteiger partial charge in [0.05, 0.1) is 0 Å². The molecule has 22 heavy (non-hydrogen) atoms. The van der Waals surface area contributed by atoms with Gasteiger partial charge < -0.3 is 15.8 Å². The third-order valence-electron chi connectivity index (χ3n) is 3.01. The lowest BCUT2D eigenvalue weighted by molar-refractivity contribution is 0.362. The normalized spacial score (nSPS) is 11.1. The maximum absolute atomic E-state index is 5.68. The van der Waals surface area contributed by atoms with E-state index in [0.717, 1.165) is 21.9 Å². The van der Waals surface area contributed by atoms with E-state index in [0.29, 0.717) is 13.2 Å². The van der Waals surface area contributed by atoms with Crippen LogP contribution in [0, 0.1) is 0 Å². The number of nitrogens with two attached hydrogens (primary N) is 1. The van der Waals surface area contributed by atoms with Crippen molar-refractivity contribution in [2.24, 2.45) is 5.73 Å². The molecule has 0 aliphatic rings. The maximum Gasteiger partial charge on any atom is 0.120 e. The molecule has 0 radical (unpaired) electrons. The molecular formula is C18H20N2OS. The predicted octanol–water partition coefficient (Wildman–Crippen LogP) is 3.99. The summed E-state index contributed by atoms with van der Waals surface area (Å²) in [4.78, 5) is 0.942. The van der Waals surface area contributed by atoms with Crippen molar-refractivity contribution in [1.29, 1.82) is 0 Å². The van der Waals surface area contributed by atoms with Crippen molar-refractivity contribution in [3.05, 3.63) is 78.5 Å². The van der Waals surface area contributed by atoms with Crippen LogP contribution in [0.1, 0.15) is 5.56 Å². The van der Waals surface area contributed by atoms with Crippen LogP contribution in [0.4, 0.5) is 5.69 Å². The van der Waals surface area contributed by atoms with E-state index in [9.17, 15) is 0 Å². The van der Waals surface area contributed by atoms with Crippen LogP contribution >= 0.6 is 12.6 Å². The number of ether oxygens (including phenoxy) is 1. The molecule has 114 valence electrons. The Bertz CT molecular complexity index is 639. The van der Waals surface area contributed by atoms with Crippen molar-refractivity contribution in [3.8, 4) is 5.75 Å². The highest BCUT2D eigenvalue weighted by Crippen LogP contribution is 2.22. The van der Waals surface area contributed by atoms with Gasteiger partial charge in [0, 0.05) is 17.1 Å². The first-order valence-corrected chi connectivity index (χ1v) is 7.51. The Hall–Kier alpha value is -2.33. The summed E-state index contributed by atoms with van der Waals surface area (Å²) in [5.74, 6) is 0.823. The molecule has 0 spiro atoms. The third-order valence-corrected chi connectivity index (χ3v) is 3.45. The monoisotopic (exact) mass is 312 g/mol. The molecule has 0 unspecified atom stereocenters. The van der Waals surface area contributed by atoms with Crippen molar-refractivity contribution in [3.63, 3.8) is 0 Å². The molecule has 2 aromatic carbocycles. The molecule has 0 saturated carbocycles. The molecule has 0 saturated heterocycles. The Balaban J connectivity index is 1.94. The number of hydrogen-bond donors (Lipinski definition) is 3. The fourth-order valence-corrected chi connectivity index (χ4v) is 2.11. The van der Waals surface area contributed by atoms with E-state index in [1.165, 1.54) is 6.20 Å². The number of allylic oxidation sites excluding steroid dienone is 2. The van der Waals surface area contributed by atoms with Crippen LogP contribution in [0.15, 0.2) is 77.9 Å². The topological polar surface area (TPSA) is 47.3 Å². The molecule has 0 aromatic heterocycles. The van der Waals surface area contributed by atoms with Crippen LogP contribution in [-0.4, -0.2) is 6.61 Å². The SMILES string of the molecule is N/C=C\C=C/COc1ccc(S)c(CNc2ccccc2)c1. The van der Waals surface area contributed by atoms with Gasteiger partial charge in [-0.25, -0.2) is 0 Å². The number of nitrogens with one attached hydrogen (secondary N) is 1. The molecule has 0 amide bonds. The number of anilines is 1. The van der Waals surface area contributed by atoms with Crippen LogP contribution < -0.4 is 15.8 Å². The molecule has 4 heteroatoms. The quantitative estimate of drug-likeness (QED) is 0.535. The Morgan fingerprint density at radius 1 is 1.09 bits per heavy atom. The van der Waals surface area contributed by atoms with Crippen LogP contribution in [0.2, 0.25) is 0 Å². The predicted molar refractivity (Wildman–Crippen MR) is 95.4 cm³/mol. The number of para-hydroxylation sites is 1. The van der Waals surface area contributed by atoms with E-state index in [-0.39, 0.29) is 0 Å². The minimum atomic E-state index is 0.502. The van der Waals surface area contributed by atoms with Gasteiger partial charge in [-0.3, -0.25) is 0 Å². The van der Waals surface area contributed by atoms with Crippen LogP contribution in [0.25, 0.3) is 0 Å². The lowest BCUT2D eigenvalue weighted by Gasteiger charge is -2.11. The Morgan fingerprint density at radius 3 is 2.68 bits per heavy atom. The Morgan fingerprint density at radius 2 is 1.91 bits per heavy atom. The molecule has 3 N–H and O–H groups in total. The average Bonchev–Trinajstić information content (AvgIpc) is 2.56. The second-order valence-electron chi connectivity index (χ2n) is 4.63. The Kier molecular flexibility index (Phi) is 6.45. The standard InChI is InChI=1S/C18H20N2OS/c19-11-5-2-6-12-21-17-9-10-18(22)15(13-17)14-20-16-7-3-1-4-8-16/h1-11,13,20,22H,12,14,19H2/b6-2-,11-5-. The lowest BCUT2D eigenvalue weighted by Crippen LogP contribution is -2.01. The highest BCUT2D eigenvalue weighted by atomic mass is 32.1. The van der Waals surface area contributed by atoms with E-state index in [4.69, 9.17) is 10.5 Å². The Labute approximate surface area is 136 Å². The summed E-state index contributed by atoms with van der Waals surface area (Å²) in [6.07, 6.45) is 7.00. The summed E-state index contributed by atoms with van der Waals surface area (Å²) in [5, 5.41) is 3.37. The zero-order valence-corrected chi connectivity index (χ0v) is 13.2. The molecule has 0 atom stereocenters. The highest BCUT2D eigenvalue weighted by Gasteiger charge is 2.02. The van der Waals surface area contributed by atoms with Gasteiger partial charge in [-0.05, 0) is 54.2 Å². The fourth-order valence-electron chi connectivity index (χ4n) is 1.89. The largest absolute Gasteiger partial charge is 0.490 e. The average molecular weight is 312 g/mol. The summed E-state index contributed by atoms with van der Waals surface area (Å²) in [5.41, 5.74) is 7.43. The van der Waals surface area contributed by atoms with Crippen molar-refractivity contribution in [2.75, 3.05) is 11.9 Å². The summed E-state index contributed by atoms with van der Waals surface area (Å²) >= 11 is 4.50. The molecule has 0 fully saturated rings. The lowest BCUT2D eigenvalue weighted by atomic mass is 10.2. The maximum atomic E-state index is 5.68. The number of hydrogen-bond acceptors (Lipinski definition) is 4. The number of rotatable bonds is 7. The second-order valence-corrected chi connectivity index (χ2v) is 5.12. The van der Waals surface area contributed by atoms with E-state index in [1.54, 1.807) is 6.08 Å². The van der Waals surface area contributed by atoms with Crippen molar-refractivity contribution >= 4 is 18.3 Å². The number of benzene rings is 2. The second kappa shape index (κ2) is 8.85. The fraction of sp³-hybridized carbons (Fsp3) is 0.111. The van der Waals surface area contributed by atoms with Gasteiger partial charge in [-0.1, -0.05) is 24.3 Å². The first-order valence-electron chi connectivity index (χ1n) is 7.06. The molecular weight excluding hydrogens is 292 g/mol. The van der Waals surface area contributed by atoms with Gasteiger partial charge in [-0.2, -0.15) is 0 Å². The van der Waals surface area contributed by atoms with Crippen molar-refractivity contribution in [2.45, 2.75) is 11.4 Å². The summed E-state index contributed by atoms with van der Waals surface area (Å²) < 4.78 is 5.68. The summed E-state index contributed by atoms with van der Waals surface area (Å²) in [7, 11) is 0. The molecule has 2 rings (SSSR count). The zero-order valence-electron chi connectivity index (χ0n) is 12.3.